The third kappa shape index (κ3) is 3.87. The Bertz CT molecular complexity index is 1110. The lowest BCUT2D eigenvalue weighted by atomic mass is 10.1. The highest BCUT2D eigenvalue weighted by atomic mass is 31.2. The average Bonchev–Trinajstić information content (AvgIpc) is 2.86. The second-order valence-corrected chi connectivity index (χ2v) is 10.9. The number of methoxy groups -OCH3 is 1. The van der Waals surface area contributed by atoms with E-state index in [0.717, 1.165) is 11.0 Å². The van der Waals surface area contributed by atoms with Crippen LogP contribution in [0, 0.1) is 0 Å². The summed E-state index contributed by atoms with van der Waals surface area (Å²) in [6, 6.07) is 38.7. The molecule has 0 amide bonds. The Balaban J connectivity index is 2.09. The number of ketones is 1. The highest BCUT2D eigenvalue weighted by molar-refractivity contribution is 7.96. The normalized spacial score (nSPS) is 11.0. The van der Waals surface area contributed by atoms with Crippen LogP contribution >= 0.6 is 6.89 Å². The van der Waals surface area contributed by atoms with Crippen LogP contribution in [0.3, 0.4) is 0 Å². The monoisotopic (exact) mass is 424 g/mol. The zero-order chi connectivity index (χ0) is 21.7. The number of ether oxygens (including phenoxy) is 1. The van der Waals surface area contributed by atoms with E-state index in [1.54, 1.807) is 7.11 Å². The summed E-state index contributed by atoms with van der Waals surface area (Å²) < 4.78 is 5.27. The molecule has 0 saturated heterocycles. The van der Waals surface area contributed by atoms with E-state index >= 15 is 0 Å². The van der Waals surface area contributed by atoms with E-state index in [-0.39, 0.29) is 5.78 Å². The van der Waals surface area contributed by atoms with Crippen LogP contribution in [0.4, 0.5) is 0 Å². The van der Waals surface area contributed by atoms with Gasteiger partial charge in [-0.1, -0.05) is 91.0 Å². The number of hydrogen-bond acceptors (Lipinski definition) is 2. The molecule has 0 aromatic heterocycles. The zero-order valence-corrected chi connectivity index (χ0v) is 18.6. The second-order valence-electron chi connectivity index (χ2n) is 7.32. The van der Waals surface area contributed by atoms with E-state index < -0.39 is 6.89 Å². The van der Waals surface area contributed by atoms with E-state index in [0.29, 0.717) is 5.56 Å². The van der Waals surface area contributed by atoms with Crippen molar-refractivity contribution in [2.75, 3.05) is 7.11 Å². The first-order chi connectivity index (χ1) is 15.2. The zero-order valence-electron chi connectivity index (χ0n) is 17.7. The van der Waals surface area contributed by atoms with Gasteiger partial charge in [0.05, 0.1) is 7.11 Å². The summed E-state index contributed by atoms with van der Waals surface area (Å²) in [6.45, 7) is -0.342. The fourth-order valence-electron chi connectivity index (χ4n) is 4.09. The highest BCUT2D eigenvalue weighted by Gasteiger charge is 2.30. The van der Waals surface area contributed by atoms with Crippen molar-refractivity contribution in [3.63, 3.8) is 0 Å². The van der Waals surface area contributed by atoms with Gasteiger partial charge in [0, 0.05) is 10.9 Å². The van der Waals surface area contributed by atoms with Crippen molar-refractivity contribution in [2.45, 2.75) is 6.92 Å². The number of carbonyl (C=O) groups is 1. The van der Waals surface area contributed by atoms with E-state index in [1.807, 2.05) is 49.4 Å². The van der Waals surface area contributed by atoms with Crippen LogP contribution in [-0.2, 0) is 0 Å². The number of Topliss-reactive ketones (excluding diaryl/α,β-unsaturated/α-hetero) is 1. The third-order valence-electron chi connectivity index (χ3n) is 5.61. The van der Waals surface area contributed by atoms with Crippen molar-refractivity contribution in [2.24, 2.45) is 0 Å². The highest BCUT2D eigenvalue weighted by Crippen LogP contribution is 2.46. The Labute approximate surface area is 184 Å². The van der Waals surface area contributed by atoms with Crippen molar-refractivity contribution >= 4 is 33.9 Å². The molecule has 2 nitrogen and oxygen atoms in total. The summed E-state index contributed by atoms with van der Waals surface area (Å²) in [4.78, 5) is 13.9. The van der Waals surface area contributed by atoms with Crippen molar-refractivity contribution in [3.8, 4) is 5.75 Å². The van der Waals surface area contributed by atoms with Crippen LogP contribution in [0.25, 0.3) is 0 Å². The fourth-order valence-corrected chi connectivity index (χ4v) is 8.43. The lowest BCUT2D eigenvalue weighted by molar-refractivity contribution is 0.106. The Morgan fingerprint density at radius 2 is 1.00 bits per heavy atom. The molecule has 0 fully saturated rings. The summed E-state index contributed by atoms with van der Waals surface area (Å²) in [5.74, 6) is 0.803. The van der Waals surface area contributed by atoms with Crippen LogP contribution < -0.4 is 20.7 Å². The topological polar surface area (TPSA) is 26.3 Å². The molecule has 0 bridgehead atoms. The molecular weight excluding hydrogens is 399 g/mol. The van der Waals surface area contributed by atoms with Gasteiger partial charge in [-0.05, 0) is 54.0 Å². The summed E-state index contributed by atoms with van der Waals surface area (Å²) >= 11 is 0. The van der Waals surface area contributed by atoms with E-state index in [1.165, 1.54) is 15.9 Å². The number of rotatable bonds is 6. The lowest BCUT2D eigenvalue weighted by Gasteiger charge is -2.31. The van der Waals surface area contributed by atoms with Gasteiger partial charge in [-0.3, -0.25) is 4.79 Å². The minimum absolute atomic E-state index is 0.0625. The average molecular weight is 424 g/mol. The van der Waals surface area contributed by atoms with Crippen molar-refractivity contribution in [1.29, 1.82) is 0 Å². The van der Waals surface area contributed by atoms with Gasteiger partial charge in [0.1, 0.15) is 5.75 Å². The summed E-state index contributed by atoms with van der Waals surface area (Å²) in [5, 5.41) is 4.38. The molecule has 0 aliphatic carbocycles. The first-order valence-corrected chi connectivity index (χ1v) is 12.1. The number of benzene rings is 4. The molecular formula is C28H25O2P. The first kappa shape index (κ1) is 20.9. The summed E-state index contributed by atoms with van der Waals surface area (Å²) in [5.41, 5.74) is 0.672. The van der Waals surface area contributed by atoms with Crippen molar-refractivity contribution in [3.05, 3.63) is 121 Å². The quantitative estimate of drug-likeness (QED) is 0.319. The van der Waals surface area contributed by atoms with Gasteiger partial charge in [-0.15, -0.1) is 0 Å². The maximum Gasteiger partial charge on any atom is 0.189 e. The molecule has 0 aliphatic rings. The van der Waals surface area contributed by atoms with Crippen LogP contribution in [0.15, 0.2) is 115 Å². The van der Waals surface area contributed by atoms with E-state index in [9.17, 15) is 4.79 Å². The molecule has 0 spiro atoms. The second kappa shape index (κ2) is 9.20. The van der Waals surface area contributed by atoms with Gasteiger partial charge in [0.25, 0.3) is 0 Å². The molecule has 0 saturated carbocycles. The predicted octanol–water partition coefficient (Wildman–Crippen LogP) is 5.06. The van der Waals surface area contributed by atoms with Gasteiger partial charge >= 0.3 is 0 Å². The molecule has 31 heavy (non-hydrogen) atoms. The predicted molar refractivity (Wildman–Crippen MR) is 133 cm³/mol. The number of hydrogen-bond donors (Lipinski definition) is 0. The summed E-state index contributed by atoms with van der Waals surface area (Å²) in [7, 11) is 1.63. The first-order valence-electron chi connectivity index (χ1n) is 10.3. The van der Waals surface area contributed by atoms with Crippen LogP contribution in [0.2, 0.25) is 0 Å². The Morgan fingerprint density at radius 1 is 0.613 bits per heavy atom. The van der Waals surface area contributed by atoms with Crippen LogP contribution in [0.1, 0.15) is 17.3 Å². The molecule has 4 rings (SSSR count). The maximum absolute atomic E-state index is 13.9. The lowest BCUT2D eigenvalue weighted by Crippen LogP contribution is -2.32. The molecule has 0 radical (unpaired) electrons. The molecule has 154 valence electrons. The minimum atomic E-state index is -2.35. The van der Waals surface area contributed by atoms with Gasteiger partial charge < -0.3 is 4.74 Å². The molecule has 4 aromatic rings. The van der Waals surface area contributed by atoms with Gasteiger partial charge in [-0.2, -0.15) is 0 Å². The molecule has 0 N–H and O–H groups in total. The fraction of sp³-hybridized carbons (Fsp3) is 0.0714. The molecule has 4 aromatic carbocycles. The van der Waals surface area contributed by atoms with E-state index in [4.69, 9.17) is 4.74 Å². The van der Waals surface area contributed by atoms with Crippen molar-refractivity contribution in [1.82, 2.24) is 0 Å². The SMILES string of the molecule is COc1ccc(C(=O)C(C)=P(c2ccccc2)(c2ccccc2)c2ccccc2)cc1. The van der Waals surface area contributed by atoms with Gasteiger partial charge in [0.15, 0.2) is 5.78 Å². The van der Waals surface area contributed by atoms with Crippen molar-refractivity contribution < 1.29 is 9.53 Å². The van der Waals surface area contributed by atoms with Gasteiger partial charge in [-0.25, -0.2) is 0 Å². The number of carbonyl (C=O) groups excluding carboxylic acids is 1. The largest absolute Gasteiger partial charge is 0.497 e. The minimum Gasteiger partial charge on any atom is -0.497 e. The maximum atomic E-state index is 13.9. The summed E-state index contributed by atoms with van der Waals surface area (Å²) in [6.07, 6.45) is 0. The molecule has 0 aliphatic heterocycles. The van der Waals surface area contributed by atoms with Gasteiger partial charge in [0.2, 0.25) is 0 Å². The molecule has 3 heteroatoms. The molecule has 0 unspecified atom stereocenters. The smallest absolute Gasteiger partial charge is 0.189 e. The molecule has 0 heterocycles. The Kier molecular flexibility index (Phi) is 6.21. The Morgan fingerprint density at radius 3 is 1.35 bits per heavy atom. The van der Waals surface area contributed by atoms with E-state index in [2.05, 4.69) is 72.8 Å². The Hall–Kier alpha value is -3.35. The third-order valence-corrected chi connectivity index (χ3v) is 10.0. The standard InChI is InChI=1S/C28H25O2P/c1-22(28(29)23-18-20-24(30-2)21-19-23)31(25-12-6-3-7-13-25,26-14-8-4-9-15-26)27-16-10-5-11-17-27/h3-21H,1-2H3. The molecule has 0 atom stereocenters. The van der Waals surface area contributed by atoms with Crippen LogP contribution in [-0.4, -0.2) is 18.2 Å². The van der Waals surface area contributed by atoms with Crippen LogP contribution in [0.5, 0.6) is 5.75 Å².